The number of carbonyl (C=O) groups excluding carboxylic acids is 1. The zero-order chi connectivity index (χ0) is 15.4. The number of hydrogen-bond donors (Lipinski definition) is 1. The largest absolute Gasteiger partial charge is 0.339 e. The summed E-state index contributed by atoms with van der Waals surface area (Å²) in [6, 6.07) is 21.4. The standard InChI is InChI=1S/C18H15BrN2O/c19-15-9-4-5-10-16(15)20-18(22)17-11-6-12-21(17)13-14-7-2-1-3-8-14/h1-12H,13H2,(H,20,22). The Morgan fingerprint density at radius 3 is 2.45 bits per heavy atom. The van der Waals surface area contributed by atoms with E-state index in [9.17, 15) is 4.79 Å². The third-order valence-electron chi connectivity index (χ3n) is 3.38. The summed E-state index contributed by atoms with van der Waals surface area (Å²) in [6.45, 7) is 0.673. The van der Waals surface area contributed by atoms with Crippen LogP contribution in [0, 0.1) is 0 Å². The summed E-state index contributed by atoms with van der Waals surface area (Å²) < 4.78 is 2.81. The highest BCUT2D eigenvalue weighted by atomic mass is 79.9. The number of benzene rings is 2. The molecular weight excluding hydrogens is 340 g/mol. The van der Waals surface area contributed by atoms with Crippen molar-refractivity contribution in [2.24, 2.45) is 0 Å². The van der Waals surface area contributed by atoms with Crippen LogP contribution < -0.4 is 5.32 Å². The van der Waals surface area contributed by atoms with Crippen LogP contribution in [0.5, 0.6) is 0 Å². The lowest BCUT2D eigenvalue weighted by atomic mass is 10.2. The van der Waals surface area contributed by atoms with E-state index in [0.29, 0.717) is 12.2 Å². The average Bonchev–Trinajstić information content (AvgIpc) is 2.99. The number of halogens is 1. The molecule has 0 aliphatic heterocycles. The van der Waals surface area contributed by atoms with E-state index in [-0.39, 0.29) is 5.91 Å². The van der Waals surface area contributed by atoms with E-state index < -0.39 is 0 Å². The maximum Gasteiger partial charge on any atom is 0.272 e. The van der Waals surface area contributed by atoms with E-state index in [1.807, 2.05) is 65.4 Å². The Morgan fingerprint density at radius 2 is 1.68 bits per heavy atom. The van der Waals surface area contributed by atoms with Crippen molar-refractivity contribution in [2.45, 2.75) is 6.54 Å². The first kappa shape index (κ1) is 14.6. The fourth-order valence-corrected chi connectivity index (χ4v) is 2.67. The molecule has 3 aromatic rings. The predicted molar refractivity (Wildman–Crippen MR) is 92.1 cm³/mol. The molecule has 0 saturated carbocycles. The number of aromatic nitrogens is 1. The smallest absolute Gasteiger partial charge is 0.272 e. The zero-order valence-corrected chi connectivity index (χ0v) is 13.5. The van der Waals surface area contributed by atoms with Crippen LogP contribution in [0.4, 0.5) is 5.69 Å². The Balaban J connectivity index is 1.79. The van der Waals surface area contributed by atoms with Crippen molar-refractivity contribution in [3.63, 3.8) is 0 Å². The molecule has 0 aliphatic carbocycles. The summed E-state index contributed by atoms with van der Waals surface area (Å²) in [6.07, 6.45) is 1.92. The van der Waals surface area contributed by atoms with Crippen LogP contribution in [0.3, 0.4) is 0 Å². The summed E-state index contributed by atoms with van der Waals surface area (Å²) >= 11 is 3.44. The number of carbonyl (C=O) groups is 1. The molecule has 4 heteroatoms. The van der Waals surface area contributed by atoms with Crippen LogP contribution >= 0.6 is 15.9 Å². The highest BCUT2D eigenvalue weighted by Crippen LogP contribution is 2.22. The number of nitrogens with zero attached hydrogens (tertiary/aromatic N) is 1. The van der Waals surface area contributed by atoms with Crippen molar-refractivity contribution in [3.05, 3.63) is 88.7 Å². The average molecular weight is 355 g/mol. The lowest BCUT2D eigenvalue weighted by Crippen LogP contribution is -2.17. The molecule has 0 atom stereocenters. The summed E-state index contributed by atoms with van der Waals surface area (Å²) in [5, 5.41) is 2.93. The van der Waals surface area contributed by atoms with Crippen LogP contribution in [0.25, 0.3) is 0 Å². The first-order valence-corrected chi connectivity index (χ1v) is 7.78. The van der Waals surface area contributed by atoms with Crippen molar-refractivity contribution in [1.29, 1.82) is 0 Å². The SMILES string of the molecule is O=C(Nc1ccccc1Br)c1cccn1Cc1ccccc1. The van der Waals surface area contributed by atoms with Gasteiger partial charge in [-0.25, -0.2) is 0 Å². The molecule has 22 heavy (non-hydrogen) atoms. The molecule has 0 aliphatic rings. The van der Waals surface area contributed by atoms with Crippen LogP contribution in [-0.4, -0.2) is 10.5 Å². The van der Waals surface area contributed by atoms with Crippen LogP contribution in [-0.2, 0) is 6.54 Å². The minimum Gasteiger partial charge on any atom is -0.339 e. The van der Waals surface area contributed by atoms with Gasteiger partial charge in [0.1, 0.15) is 5.69 Å². The van der Waals surface area contributed by atoms with Crippen LogP contribution in [0.2, 0.25) is 0 Å². The monoisotopic (exact) mass is 354 g/mol. The zero-order valence-electron chi connectivity index (χ0n) is 11.9. The third-order valence-corrected chi connectivity index (χ3v) is 4.07. The molecule has 0 unspecified atom stereocenters. The number of hydrogen-bond acceptors (Lipinski definition) is 1. The normalized spacial score (nSPS) is 10.4. The number of rotatable bonds is 4. The Bertz CT molecular complexity index is 781. The van der Waals surface area contributed by atoms with Gasteiger partial charge in [0.2, 0.25) is 0 Å². The van der Waals surface area contributed by atoms with E-state index in [2.05, 4.69) is 33.4 Å². The van der Waals surface area contributed by atoms with Crippen LogP contribution in [0.15, 0.2) is 77.4 Å². The molecule has 0 radical (unpaired) electrons. The molecule has 1 heterocycles. The Morgan fingerprint density at radius 1 is 0.955 bits per heavy atom. The molecular formula is C18H15BrN2O. The van der Waals surface area contributed by atoms with Gasteiger partial charge in [-0.3, -0.25) is 4.79 Å². The highest BCUT2D eigenvalue weighted by Gasteiger charge is 2.12. The predicted octanol–water partition coefficient (Wildman–Crippen LogP) is 4.55. The van der Waals surface area contributed by atoms with E-state index in [0.717, 1.165) is 15.7 Å². The Kier molecular flexibility index (Phi) is 4.39. The summed E-state index contributed by atoms with van der Waals surface area (Å²) in [5.41, 5.74) is 2.56. The van der Waals surface area contributed by atoms with Crippen molar-refractivity contribution in [2.75, 3.05) is 5.32 Å². The maximum absolute atomic E-state index is 12.5. The molecule has 1 N–H and O–H groups in total. The Hall–Kier alpha value is -2.33. The fourth-order valence-electron chi connectivity index (χ4n) is 2.29. The minimum absolute atomic E-state index is 0.118. The quantitative estimate of drug-likeness (QED) is 0.732. The molecule has 0 fully saturated rings. The first-order valence-electron chi connectivity index (χ1n) is 6.99. The van der Waals surface area contributed by atoms with Gasteiger partial charge in [-0.15, -0.1) is 0 Å². The third kappa shape index (κ3) is 3.28. The molecule has 0 saturated heterocycles. The molecule has 2 aromatic carbocycles. The molecule has 0 spiro atoms. The molecule has 3 rings (SSSR count). The number of nitrogens with one attached hydrogen (secondary N) is 1. The summed E-state index contributed by atoms with van der Waals surface area (Å²) in [7, 11) is 0. The lowest BCUT2D eigenvalue weighted by Gasteiger charge is -2.11. The Labute approximate surface area is 137 Å². The van der Waals surface area contributed by atoms with Gasteiger partial charge in [-0.05, 0) is 45.8 Å². The number of anilines is 1. The van der Waals surface area contributed by atoms with Crippen molar-refractivity contribution < 1.29 is 4.79 Å². The molecule has 110 valence electrons. The van der Waals surface area contributed by atoms with Crippen molar-refractivity contribution in [3.8, 4) is 0 Å². The topological polar surface area (TPSA) is 34.0 Å². The van der Waals surface area contributed by atoms with Gasteiger partial charge < -0.3 is 9.88 Å². The lowest BCUT2D eigenvalue weighted by molar-refractivity contribution is 0.101. The first-order chi connectivity index (χ1) is 10.7. The van der Waals surface area contributed by atoms with Gasteiger partial charge in [0.25, 0.3) is 5.91 Å². The van der Waals surface area contributed by atoms with Gasteiger partial charge in [-0.2, -0.15) is 0 Å². The summed E-state index contributed by atoms with van der Waals surface area (Å²) in [4.78, 5) is 12.5. The molecule has 0 bridgehead atoms. The van der Waals surface area contributed by atoms with E-state index in [1.165, 1.54) is 0 Å². The van der Waals surface area contributed by atoms with E-state index in [4.69, 9.17) is 0 Å². The van der Waals surface area contributed by atoms with Gasteiger partial charge in [0.05, 0.1) is 5.69 Å². The van der Waals surface area contributed by atoms with Gasteiger partial charge >= 0.3 is 0 Å². The summed E-state index contributed by atoms with van der Waals surface area (Å²) in [5.74, 6) is -0.118. The van der Waals surface area contributed by atoms with Crippen molar-refractivity contribution >= 4 is 27.5 Å². The van der Waals surface area contributed by atoms with E-state index in [1.54, 1.807) is 0 Å². The van der Waals surface area contributed by atoms with Gasteiger partial charge in [-0.1, -0.05) is 42.5 Å². The number of para-hydroxylation sites is 1. The fraction of sp³-hybridized carbons (Fsp3) is 0.0556. The molecule has 1 aromatic heterocycles. The second kappa shape index (κ2) is 6.62. The van der Waals surface area contributed by atoms with Gasteiger partial charge in [0, 0.05) is 17.2 Å². The maximum atomic E-state index is 12.5. The molecule has 3 nitrogen and oxygen atoms in total. The second-order valence-corrected chi connectivity index (χ2v) is 5.80. The van der Waals surface area contributed by atoms with E-state index >= 15 is 0 Å². The molecule has 1 amide bonds. The second-order valence-electron chi connectivity index (χ2n) is 4.94. The highest BCUT2D eigenvalue weighted by molar-refractivity contribution is 9.10. The van der Waals surface area contributed by atoms with Crippen LogP contribution in [0.1, 0.15) is 16.1 Å². The van der Waals surface area contributed by atoms with Gasteiger partial charge in [0.15, 0.2) is 0 Å². The minimum atomic E-state index is -0.118. The van der Waals surface area contributed by atoms with Crippen molar-refractivity contribution in [1.82, 2.24) is 4.57 Å². The number of amides is 1.